The molecule has 75 heavy (non-hydrogen) atoms. The van der Waals surface area contributed by atoms with Crippen molar-refractivity contribution in [2.45, 2.75) is 33.1 Å². The van der Waals surface area contributed by atoms with Gasteiger partial charge in [0, 0.05) is 44.5 Å². The minimum absolute atomic E-state index is 0.128. The van der Waals surface area contributed by atoms with Gasteiger partial charge in [0.05, 0.1) is 11.0 Å². The van der Waals surface area contributed by atoms with Crippen molar-refractivity contribution < 1.29 is 0 Å². The number of hydrogen-bond acceptors (Lipinski definition) is 1. The van der Waals surface area contributed by atoms with E-state index in [-0.39, 0.29) is 5.41 Å². The summed E-state index contributed by atoms with van der Waals surface area (Å²) in [6, 6.07) is 73.2. The summed E-state index contributed by atoms with van der Waals surface area (Å²) >= 11 is 0. The molecule has 0 spiro atoms. The van der Waals surface area contributed by atoms with Crippen LogP contribution in [0.2, 0.25) is 0 Å². The van der Waals surface area contributed by atoms with Gasteiger partial charge in [-0.3, -0.25) is 0 Å². The predicted octanol–water partition coefficient (Wildman–Crippen LogP) is 16.2. The van der Waals surface area contributed by atoms with Crippen molar-refractivity contribution in [3.05, 3.63) is 228 Å². The molecule has 11 rings (SSSR count). The summed E-state index contributed by atoms with van der Waals surface area (Å²) in [7, 11) is 0. The number of rotatable bonds is 7. The average molecular weight is 951 g/mol. The summed E-state index contributed by atoms with van der Waals surface area (Å²) in [6.45, 7) is 8.94. The lowest BCUT2D eigenvalue weighted by molar-refractivity contribution is 0.660. The molecule has 10 aromatic rings. The van der Waals surface area contributed by atoms with Crippen LogP contribution < -0.4 is 4.90 Å². The summed E-state index contributed by atoms with van der Waals surface area (Å²) in [5.74, 6) is 34.5. The van der Waals surface area contributed by atoms with Gasteiger partial charge in [-0.1, -0.05) is 147 Å². The van der Waals surface area contributed by atoms with Crippen molar-refractivity contribution in [2.75, 3.05) is 4.90 Å². The SMILES string of the molecule is C#CC#CC#CC#CC#CC#CC#Cc1cc(C)cc(-c2cc(C)cc(-n3c4ccccc4c4ccc(-c5ccc(N(c6ccc(-c7ccccc7)cc6)c6ccc7c(c6)C(C)(C)c6ccccc6-7)cc5)cc43)c2)c1. The van der Waals surface area contributed by atoms with E-state index in [1.54, 1.807) is 0 Å². The third-order valence-corrected chi connectivity index (χ3v) is 13.8. The van der Waals surface area contributed by atoms with Crippen LogP contribution in [0, 0.1) is 97.2 Å². The third-order valence-electron chi connectivity index (χ3n) is 13.8. The van der Waals surface area contributed by atoms with E-state index in [2.05, 4.69) is 314 Å². The molecule has 9 aromatic carbocycles. The largest absolute Gasteiger partial charge is 0.310 e. The molecule has 0 atom stereocenters. The van der Waals surface area contributed by atoms with Crippen LogP contribution in [0.5, 0.6) is 0 Å². The van der Waals surface area contributed by atoms with Gasteiger partial charge in [-0.05, 0) is 224 Å². The van der Waals surface area contributed by atoms with Crippen LogP contribution >= 0.6 is 0 Å². The molecule has 0 amide bonds. The third kappa shape index (κ3) is 9.44. The fraction of sp³-hybridized carbons (Fsp3) is 0.0685. The summed E-state index contributed by atoms with van der Waals surface area (Å²) in [5.41, 5.74) is 21.9. The van der Waals surface area contributed by atoms with Crippen molar-refractivity contribution in [1.82, 2.24) is 4.57 Å². The molecule has 0 N–H and O–H groups in total. The van der Waals surface area contributed by atoms with Crippen molar-refractivity contribution in [3.63, 3.8) is 0 Å². The Bertz CT molecular complexity index is 4370. The fourth-order valence-corrected chi connectivity index (χ4v) is 10.4. The van der Waals surface area contributed by atoms with E-state index < -0.39 is 0 Å². The van der Waals surface area contributed by atoms with E-state index in [9.17, 15) is 0 Å². The highest BCUT2D eigenvalue weighted by Gasteiger charge is 2.35. The number of benzene rings is 9. The maximum Gasteiger partial charge on any atom is 0.0547 e. The second kappa shape index (κ2) is 20.3. The first-order chi connectivity index (χ1) is 36.7. The smallest absolute Gasteiger partial charge is 0.0547 e. The molecule has 1 heterocycles. The van der Waals surface area contributed by atoms with Gasteiger partial charge in [0.2, 0.25) is 0 Å². The monoisotopic (exact) mass is 950 g/mol. The normalized spacial score (nSPS) is 11.2. The molecule has 0 radical (unpaired) electrons. The van der Waals surface area contributed by atoms with E-state index in [1.807, 2.05) is 0 Å². The first-order valence-corrected chi connectivity index (χ1v) is 24.8. The zero-order chi connectivity index (χ0) is 51.3. The minimum atomic E-state index is -0.128. The molecular formula is C73H46N2. The van der Waals surface area contributed by atoms with E-state index in [0.29, 0.717) is 0 Å². The van der Waals surface area contributed by atoms with Gasteiger partial charge < -0.3 is 9.47 Å². The van der Waals surface area contributed by atoms with Gasteiger partial charge in [-0.2, -0.15) is 0 Å². The zero-order valence-corrected chi connectivity index (χ0v) is 42.0. The Morgan fingerprint density at radius 1 is 0.387 bits per heavy atom. The molecule has 0 fully saturated rings. The van der Waals surface area contributed by atoms with E-state index >= 15 is 0 Å². The van der Waals surface area contributed by atoms with Gasteiger partial charge in [0.1, 0.15) is 0 Å². The predicted molar refractivity (Wildman–Crippen MR) is 313 cm³/mol. The number of anilines is 3. The molecule has 0 saturated carbocycles. The van der Waals surface area contributed by atoms with Gasteiger partial charge in [0.15, 0.2) is 0 Å². The quantitative estimate of drug-likeness (QED) is 0.145. The highest BCUT2D eigenvalue weighted by Crippen LogP contribution is 2.51. The molecule has 0 unspecified atom stereocenters. The van der Waals surface area contributed by atoms with Gasteiger partial charge in [-0.25, -0.2) is 0 Å². The van der Waals surface area contributed by atoms with Crippen molar-refractivity contribution in [1.29, 1.82) is 0 Å². The lowest BCUT2D eigenvalue weighted by Gasteiger charge is -2.28. The van der Waals surface area contributed by atoms with Crippen LogP contribution in [0.25, 0.3) is 72.0 Å². The van der Waals surface area contributed by atoms with Crippen molar-refractivity contribution >= 4 is 38.9 Å². The highest BCUT2D eigenvalue weighted by atomic mass is 15.1. The average Bonchev–Trinajstić information content (AvgIpc) is 3.89. The number of aryl methyl sites for hydroxylation is 2. The summed E-state index contributed by atoms with van der Waals surface area (Å²) in [6.07, 6.45) is 5.08. The molecule has 1 aliphatic rings. The Morgan fingerprint density at radius 2 is 0.920 bits per heavy atom. The number of nitrogens with zero attached hydrogens (tertiary/aromatic N) is 2. The number of fused-ring (bicyclic) bond motifs is 6. The van der Waals surface area contributed by atoms with Crippen LogP contribution in [0.1, 0.15) is 41.7 Å². The first kappa shape index (κ1) is 46.9. The fourth-order valence-electron chi connectivity index (χ4n) is 10.4. The first-order valence-electron chi connectivity index (χ1n) is 24.8. The lowest BCUT2D eigenvalue weighted by atomic mass is 9.82. The topological polar surface area (TPSA) is 8.17 Å². The molecule has 1 aromatic heterocycles. The molecular weight excluding hydrogens is 905 g/mol. The van der Waals surface area contributed by atoms with Crippen molar-refractivity contribution in [3.8, 4) is 134 Å². The Hall–Kier alpha value is -10.5. The van der Waals surface area contributed by atoms with E-state index in [0.717, 1.165) is 72.7 Å². The molecule has 1 aliphatic carbocycles. The van der Waals surface area contributed by atoms with Crippen LogP contribution in [-0.4, -0.2) is 4.57 Å². The number of para-hydroxylation sites is 1. The Labute approximate surface area is 440 Å². The van der Waals surface area contributed by atoms with Gasteiger partial charge in [-0.15, -0.1) is 6.42 Å². The van der Waals surface area contributed by atoms with E-state index in [4.69, 9.17) is 6.42 Å². The highest BCUT2D eigenvalue weighted by molar-refractivity contribution is 6.10. The second-order valence-corrected chi connectivity index (χ2v) is 19.1. The number of aromatic nitrogens is 1. The summed E-state index contributed by atoms with van der Waals surface area (Å²) < 4.78 is 2.41. The maximum atomic E-state index is 5.08. The van der Waals surface area contributed by atoms with Crippen LogP contribution in [0.4, 0.5) is 17.1 Å². The second-order valence-electron chi connectivity index (χ2n) is 19.1. The molecule has 2 nitrogen and oxygen atoms in total. The maximum absolute atomic E-state index is 5.08. The lowest BCUT2D eigenvalue weighted by Crippen LogP contribution is -2.16. The van der Waals surface area contributed by atoms with E-state index in [1.165, 1.54) is 44.2 Å². The van der Waals surface area contributed by atoms with Crippen LogP contribution in [0.15, 0.2) is 200 Å². The molecule has 0 bridgehead atoms. The Balaban J connectivity index is 0.938. The Morgan fingerprint density at radius 3 is 1.63 bits per heavy atom. The van der Waals surface area contributed by atoms with Crippen LogP contribution in [-0.2, 0) is 5.41 Å². The number of hydrogen-bond donors (Lipinski definition) is 0. The summed E-state index contributed by atoms with van der Waals surface area (Å²) in [5, 5.41) is 2.41. The molecule has 2 heteroatoms. The van der Waals surface area contributed by atoms with Gasteiger partial charge in [0.25, 0.3) is 0 Å². The minimum Gasteiger partial charge on any atom is -0.310 e. The Kier molecular flexibility index (Phi) is 12.7. The molecule has 0 saturated heterocycles. The molecule has 348 valence electrons. The van der Waals surface area contributed by atoms with Crippen molar-refractivity contribution in [2.24, 2.45) is 0 Å². The van der Waals surface area contributed by atoms with Crippen LogP contribution in [0.3, 0.4) is 0 Å². The zero-order valence-electron chi connectivity index (χ0n) is 42.0. The summed E-state index contributed by atoms with van der Waals surface area (Å²) in [4.78, 5) is 2.39. The number of terminal acetylenes is 1. The standard InChI is InChI=1S/C73H46N2/c1-6-7-8-9-10-11-12-13-14-15-16-18-25-54-44-52(2)45-59(48-54)60-46-53(3)47-64(49-60)75-71-31-24-22-29-67(71)68-42-36-58(50-72(68)75)57-34-39-62(40-35-57)74(61-37-32-56(33-38-61)55-26-19-17-20-27-55)63-41-43-66-65-28-21-23-30-69(65)73(4,5)70(66)51-63/h1,17,19-24,26-51H,2-5H3. The van der Waals surface area contributed by atoms with Gasteiger partial charge >= 0.3 is 0 Å². The molecule has 0 aliphatic heterocycles.